The molecule has 0 aliphatic rings. The predicted octanol–water partition coefficient (Wildman–Crippen LogP) is 1.30. The minimum absolute atomic E-state index is 0.166. The van der Waals surface area contributed by atoms with Gasteiger partial charge in [0, 0.05) is 17.4 Å². The molecule has 1 amide bonds. The minimum atomic E-state index is -0.166. The Labute approximate surface area is 105 Å². The van der Waals surface area contributed by atoms with Gasteiger partial charge in [0.1, 0.15) is 6.33 Å². The van der Waals surface area contributed by atoms with E-state index in [2.05, 4.69) is 15.3 Å². The Morgan fingerprint density at radius 2 is 2.22 bits per heavy atom. The molecule has 92 valence electrons. The van der Waals surface area contributed by atoms with E-state index in [-0.39, 0.29) is 5.91 Å². The van der Waals surface area contributed by atoms with Crippen LogP contribution in [0, 0.1) is 6.92 Å². The van der Waals surface area contributed by atoms with Crippen molar-refractivity contribution in [3.8, 4) is 0 Å². The second-order valence-corrected chi connectivity index (χ2v) is 3.95. The normalized spacial score (nSPS) is 10.1. The maximum atomic E-state index is 11.9. The zero-order valence-corrected chi connectivity index (χ0v) is 10.1. The molecule has 5 nitrogen and oxygen atoms in total. The van der Waals surface area contributed by atoms with Crippen LogP contribution in [0.2, 0.25) is 0 Å². The minimum Gasteiger partial charge on any atom is -0.398 e. The summed E-state index contributed by atoms with van der Waals surface area (Å²) in [7, 11) is 0. The van der Waals surface area contributed by atoms with Crippen LogP contribution in [0.25, 0.3) is 0 Å². The molecule has 0 saturated heterocycles. The molecule has 1 heterocycles. The zero-order chi connectivity index (χ0) is 13.0. The highest BCUT2D eigenvalue weighted by molar-refractivity contribution is 5.95. The number of hydrogen-bond acceptors (Lipinski definition) is 4. The number of amides is 1. The van der Waals surface area contributed by atoms with Gasteiger partial charge in [-0.05, 0) is 30.7 Å². The van der Waals surface area contributed by atoms with Crippen molar-refractivity contribution in [2.45, 2.75) is 13.5 Å². The molecule has 3 N–H and O–H groups in total. The van der Waals surface area contributed by atoms with Crippen LogP contribution in [-0.4, -0.2) is 15.9 Å². The summed E-state index contributed by atoms with van der Waals surface area (Å²) in [6.07, 6.45) is 3.09. The number of aryl methyl sites for hydroxylation is 1. The SMILES string of the molecule is Cc1ccc(C(=O)NCc2ccncn2)cc1N. The zero-order valence-electron chi connectivity index (χ0n) is 10.1. The Morgan fingerprint density at radius 1 is 1.39 bits per heavy atom. The van der Waals surface area contributed by atoms with E-state index in [4.69, 9.17) is 5.73 Å². The summed E-state index contributed by atoms with van der Waals surface area (Å²) in [4.78, 5) is 19.7. The second kappa shape index (κ2) is 5.27. The molecule has 0 aliphatic heterocycles. The van der Waals surface area contributed by atoms with Crippen molar-refractivity contribution in [3.63, 3.8) is 0 Å². The van der Waals surface area contributed by atoms with Crippen molar-refractivity contribution >= 4 is 11.6 Å². The summed E-state index contributed by atoms with van der Waals surface area (Å²) in [6, 6.07) is 7.00. The number of nitrogens with one attached hydrogen (secondary N) is 1. The Morgan fingerprint density at radius 3 is 2.89 bits per heavy atom. The van der Waals surface area contributed by atoms with E-state index in [0.717, 1.165) is 11.3 Å². The monoisotopic (exact) mass is 242 g/mol. The van der Waals surface area contributed by atoms with Gasteiger partial charge in [0.2, 0.25) is 0 Å². The highest BCUT2D eigenvalue weighted by Crippen LogP contribution is 2.12. The number of anilines is 1. The molecule has 0 fully saturated rings. The van der Waals surface area contributed by atoms with E-state index >= 15 is 0 Å². The number of rotatable bonds is 3. The number of aromatic nitrogens is 2. The van der Waals surface area contributed by atoms with Gasteiger partial charge in [0.15, 0.2) is 0 Å². The maximum absolute atomic E-state index is 11.9. The van der Waals surface area contributed by atoms with E-state index in [1.54, 1.807) is 24.4 Å². The van der Waals surface area contributed by atoms with Gasteiger partial charge in [-0.25, -0.2) is 9.97 Å². The van der Waals surface area contributed by atoms with Crippen LogP contribution in [0.5, 0.6) is 0 Å². The van der Waals surface area contributed by atoms with E-state index < -0.39 is 0 Å². The van der Waals surface area contributed by atoms with Crippen LogP contribution in [0.4, 0.5) is 5.69 Å². The number of nitrogens with zero attached hydrogens (tertiary/aromatic N) is 2. The first-order chi connectivity index (χ1) is 8.66. The van der Waals surface area contributed by atoms with Gasteiger partial charge in [0.25, 0.3) is 5.91 Å². The summed E-state index contributed by atoms with van der Waals surface area (Å²) in [5.74, 6) is -0.166. The number of hydrogen-bond donors (Lipinski definition) is 2. The summed E-state index contributed by atoms with van der Waals surface area (Å²) in [6.45, 7) is 2.27. The Hall–Kier alpha value is -2.43. The average molecular weight is 242 g/mol. The smallest absolute Gasteiger partial charge is 0.251 e. The van der Waals surface area contributed by atoms with E-state index in [0.29, 0.717) is 17.8 Å². The summed E-state index contributed by atoms with van der Waals surface area (Å²) in [5.41, 5.74) is 8.65. The molecule has 2 aromatic rings. The quantitative estimate of drug-likeness (QED) is 0.795. The fraction of sp³-hybridized carbons (Fsp3) is 0.154. The van der Waals surface area contributed by atoms with Crippen LogP contribution in [0.1, 0.15) is 21.6 Å². The molecule has 18 heavy (non-hydrogen) atoms. The van der Waals surface area contributed by atoms with Gasteiger partial charge in [-0.15, -0.1) is 0 Å². The third-order valence-electron chi connectivity index (χ3n) is 2.61. The topological polar surface area (TPSA) is 80.9 Å². The third-order valence-corrected chi connectivity index (χ3v) is 2.61. The summed E-state index contributed by atoms with van der Waals surface area (Å²) < 4.78 is 0. The van der Waals surface area contributed by atoms with Crippen molar-refractivity contribution in [1.82, 2.24) is 15.3 Å². The van der Waals surface area contributed by atoms with Crippen LogP contribution in [0.3, 0.4) is 0 Å². The second-order valence-electron chi connectivity index (χ2n) is 3.95. The van der Waals surface area contributed by atoms with Gasteiger partial charge >= 0.3 is 0 Å². The van der Waals surface area contributed by atoms with Crippen LogP contribution >= 0.6 is 0 Å². The van der Waals surface area contributed by atoms with E-state index in [1.807, 2.05) is 13.0 Å². The number of nitrogens with two attached hydrogens (primary N) is 1. The molecule has 0 unspecified atom stereocenters. The molecule has 0 atom stereocenters. The first-order valence-corrected chi connectivity index (χ1v) is 5.56. The number of carbonyl (C=O) groups is 1. The predicted molar refractivity (Wildman–Crippen MR) is 68.8 cm³/mol. The largest absolute Gasteiger partial charge is 0.398 e. The molecule has 0 bridgehead atoms. The Balaban J connectivity index is 2.02. The lowest BCUT2D eigenvalue weighted by Crippen LogP contribution is -2.23. The molecule has 1 aromatic carbocycles. The molecule has 2 rings (SSSR count). The molecule has 1 aromatic heterocycles. The fourth-order valence-corrected chi connectivity index (χ4v) is 1.48. The lowest BCUT2D eigenvalue weighted by atomic mass is 10.1. The highest BCUT2D eigenvalue weighted by atomic mass is 16.1. The molecule has 0 aliphatic carbocycles. The molecule has 0 radical (unpaired) electrons. The summed E-state index contributed by atoms with van der Waals surface area (Å²) in [5, 5.41) is 2.78. The van der Waals surface area contributed by atoms with Gasteiger partial charge in [-0.2, -0.15) is 0 Å². The molecular formula is C13H14N4O. The van der Waals surface area contributed by atoms with Crippen LogP contribution in [-0.2, 0) is 6.54 Å². The lowest BCUT2D eigenvalue weighted by Gasteiger charge is -2.06. The van der Waals surface area contributed by atoms with Crippen molar-refractivity contribution in [3.05, 3.63) is 53.6 Å². The van der Waals surface area contributed by atoms with Crippen molar-refractivity contribution in [2.75, 3.05) is 5.73 Å². The highest BCUT2D eigenvalue weighted by Gasteiger charge is 2.06. The van der Waals surface area contributed by atoms with E-state index in [9.17, 15) is 4.79 Å². The molecule has 0 spiro atoms. The fourth-order valence-electron chi connectivity index (χ4n) is 1.48. The Bertz CT molecular complexity index is 554. The molecular weight excluding hydrogens is 228 g/mol. The third kappa shape index (κ3) is 2.82. The van der Waals surface area contributed by atoms with Gasteiger partial charge in [-0.3, -0.25) is 4.79 Å². The number of carbonyl (C=O) groups excluding carboxylic acids is 1. The van der Waals surface area contributed by atoms with E-state index in [1.165, 1.54) is 6.33 Å². The van der Waals surface area contributed by atoms with Gasteiger partial charge in [-0.1, -0.05) is 6.07 Å². The van der Waals surface area contributed by atoms with Crippen molar-refractivity contribution < 1.29 is 4.79 Å². The first kappa shape index (κ1) is 12.0. The Kier molecular flexibility index (Phi) is 3.52. The van der Waals surface area contributed by atoms with Crippen LogP contribution < -0.4 is 11.1 Å². The maximum Gasteiger partial charge on any atom is 0.251 e. The van der Waals surface area contributed by atoms with Gasteiger partial charge in [0.05, 0.1) is 12.2 Å². The standard InChI is InChI=1S/C13H14N4O/c1-9-2-3-10(6-12(9)14)13(18)16-7-11-4-5-15-8-17-11/h2-6,8H,7,14H2,1H3,(H,16,18). The molecule has 5 heteroatoms. The lowest BCUT2D eigenvalue weighted by molar-refractivity contribution is 0.0950. The first-order valence-electron chi connectivity index (χ1n) is 5.56. The summed E-state index contributed by atoms with van der Waals surface area (Å²) >= 11 is 0. The van der Waals surface area contributed by atoms with Gasteiger partial charge < -0.3 is 11.1 Å². The molecule has 0 saturated carbocycles. The average Bonchev–Trinajstić information content (AvgIpc) is 2.40. The number of nitrogen functional groups attached to an aromatic ring is 1. The van der Waals surface area contributed by atoms with Crippen LogP contribution in [0.15, 0.2) is 36.8 Å². The van der Waals surface area contributed by atoms with Crippen molar-refractivity contribution in [2.24, 2.45) is 0 Å². The number of benzene rings is 1. The van der Waals surface area contributed by atoms with Crippen molar-refractivity contribution in [1.29, 1.82) is 0 Å².